The third-order valence-electron chi connectivity index (χ3n) is 4.52. The normalized spacial score (nSPS) is 20.4. The van der Waals surface area contributed by atoms with Gasteiger partial charge in [0.15, 0.2) is 6.04 Å². The Bertz CT molecular complexity index is 1040. The van der Waals surface area contributed by atoms with Gasteiger partial charge in [-0.25, -0.2) is 4.79 Å². The summed E-state index contributed by atoms with van der Waals surface area (Å²) in [6, 6.07) is 4.89. The zero-order chi connectivity index (χ0) is 24.3. The first-order valence-corrected chi connectivity index (χ1v) is 11.5. The first-order valence-electron chi connectivity index (χ1n) is 9.29. The maximum atomic E-state index is 12.8. The Labute approximate surface area is 207 Å². The number of benzene rings is 1. The molecule has 14 heteroatoms. The van der Waals surface area contributed by atoms with Crippen LogP contribution in [-0.4, -0.2) is 68.1 Å². The van der Waals surface area contributed by atoms with Crippen LogP contribution in [0.15, 0.2) is 40.5 Å². The highest BCUT2D eigenvalue weighted by Crippen LogP contribution is 2.42. The molecule has 1 aromatic rings. The van der Waals surface area contributed by atoms with E-state index in [0.29, 0.717) is 11.1 Å². The van der Waals surface area contributed by atoms with Crippen LogP contribution < -0.4 is 0 Å². The number of nitro benzene ring substituents is 1. The van der Waals surface area contributed by atoms with Gasteiger partial charge in [-0.3, -0.25) is 29.6 Å². The summed E-state index contributed by atoms with van der Waals surface area (Å²) in [5, 5.41) is 10.3. The van der Waals surface area contributed by atoms with E-state index in [4.69, 9.17) is 44.3 Å². The first-order chi connectivity index (χ1) is 15.5. The Morgan fingerprint density at radius 2 is 1.97 bits per heavy atom. The number of β-lactam (4-membered cyclic amide) rings is 1. The molecule has 1 saturated heterocycles. The van der Waals surface area contributed by atoms with Crippen LogP contribution in [0.3, 0.4) is 0 Å². The molecule has 176 valence electrons. The molecule has 0 radical (unpaired) electrons. The van der Waals surface area contributed by atoms with Gasteiger partial charge in [-0.05, 0) is 17.7 Å². The maximum Gasteiger partial charge on any atom is 0.355 e. The van der Waals surface area contributed by atoms with Crippen LogP contribution in [0.1, 0.15) is 12.5 Å². The Hall–Kier alpha value is -2.34. The molecule has 2 aliphatic rings. The van der Waals surface area contributed by atoms with Crippen molar-refractivity contribution in [2.24, 2.45) is 4.99 Å². The second-order valence-electron chi connectivity index (χ2n) is 6.91. The monoisotopic (exact) mass is 535 g/mol. The van der Waals surface area contributed by atoms with Crippen LogP contribution in [0.4, 0.5) is 5.69 Å². The number of nitro groups is 1. The summed E-state index contributed by atoms with van der Waals surface area (Å²) >= 11 is 18.3. The first kappa shape index (κ1) is 25.3. The van der Waals surface area contributed by atoms with Crippen molar-refractivity contribution in [2.75, 3.05) is 19.0 Å². The molecule has 0 aromatic heterocycles. The number of thioether (sulfide) groups is 1. The summed E-state index contributed by atoms with van der Waals surface area (Å²) in [6.45, 7) is 0.480. The second kappa shape index (κ2) is 10.3. The molecule has 1 fully saturated rings. The average molecular weight is 537 g/mol. The fraction of sp³-hybridized carbons (Fsp3) is 0.368. The number of non-ortho nitro benzene ring substituents is 1. The highest BCUT2D eigenvalue weighted by molar-refractivity contribution is 8.00. The lowest BCUT2D eigenvalue weighted by Crippen LogP contribution is -2.64. The van der Waals surface area contributed by atoms with Crippen molar-refractivity contribution >= 4 is 76.3 Å². The Morgan fingerprint density at radius 3 is 2.55 bits per heavy atom. The number of fused-ring (bicyclic) bond motifs is 1. The molecule has 33 heavy (non-hydrogen) atoms. The molecule has 0 aliphatic carbocycles. The molecule has 0 N–H and O–H groups in total. The molecule has 1 aromatic carbocycles. The number of carbonyl (C=O) groups excluding carboxylic acids is 3. The highest BCUT2D eigenvalue weighted by atomic mass is 35.6. The van der Waals surface area contributed by atoms with Crippen LogP contribution in [0, 0.1) is 10.1 Å². The fourth-order valence-electron chi connectivity index (χ4n) is 3.02. The van der Waals surface area contributed by atoms with Crippen molar-refractivity contribution in [3.63, 3.8) is 0 Å². The molecule has 2 aliphatic heterocycles. The van der Waals surface area contributed by atoms with E-state index in [1.54, 1.807) is 0 Å². The third kappa shape index (κ3) is 6.17. The molecule has 0 unspecified atom stereocenters. The smallest absolute Gasteiger partial charge is 0.355 e. The predicted octanol–water partition coefficient (Wildman–Crippen LogP) is 3.03. The van der Waals surface area contributed by atoms with Gasteiger partial charge in [0.1, 0.15) is 24.3 Å². The Balaban J connectivity index is 1.78. The van der Waals surface area contributed by atoms with Crippen LogP contribution in [0.5, 0.6) is 0 Å². The molecule has 1 amide bonds. The second-order valence-corrected chi connectivity index (χ2v) is 10.5. The van der Waals surface area contributed by atoms with Gasteiger partial charge in [0.2, 0.25) is 3.79 Å². The predicted molar refractivity (Wildman–Crippen MR) is 122 cm³/mol. The van der Waals surface area contributed by atoms with Crippen molar-refractivity contribution < 1.29 is 28.8 Å². The maximum absolute atomic E-state index is 12.8. The van der Waals surface area contributed by atoms with E-state index in [0.717, 1.165) is 0 Å². The molecular weight excluding hydrogens is 521 g/mol. The number of carbonyl (C=O) groups is 3. The molecule has 0 saturated carbocycles. The molecule has 2 heterocycles. The number of aliphatic imine (C=N–C) groups is 1. The lowest BCUT2D eigenvalue weighted by Gasteiger charge is -2.48. The molecule has 2 atom stereocenters. The zero-order valence-electron chi connectivity index (χ0n) is 16.9. The fourth-order valence-corrected chi connectivity index (χ4v) is 4.50. The standard InChI is InChI=1S/C19H16Cl3N3O7S/c1-10(26)31-7-12-8-33-17-14(23-6-11-2-4-13(5-3-11)25(29)30)16(27)24(17)15(12)18(28)32-9-19(20,21)22/h2-6,14,17H,7-9H2,1H3/t14-,17-/m1/s1. The summed E-state index contributed by atoms with van der Waals surface area (Å²) in [6.07, 6.45) is 1.43. The highest BCUT2D eigenvalue weighted by Gasteiger charge is 2.54. The van der Waals surface area contributed by atoms with E-state index in [2.05, 4.69) is 4.99 Å². The van der Waals surface area contributed by atoms with Crippen LogP contribution in [0.25, 0.3) is 0 Å². The number of alkyl halides is 3. The summed E-state index contributed by atoms with van der Waals surface area (Å²) in [4.78, 5) is 52.5. The van der Waals surface area contributed by atoms with Gasteiger partial charge in [-0.2, -0.15) is 0 Å². The third-order valence-corrected chi connectivity index (χ3v) is 6.17. The number of halogens is 3. The van der Waals surface area contributed by atoms with Crippen molar-refractivity contribution in [3.05, 3.63) is 51.2 Å². The summed E-state index contributed by atoms with van der Waals surface area (Å²) in [5.74, 6) is -1.63. The van der Waals surface area contributed by atoms with Gasteiger partial charge in [0.05, 0.1) is 4.92 Å². The lowest BCUT2D eigenvalue weighted by molar-refractivity contribution is -0.384. The van der Waals surface area contributed by atoms with Crippen molar-refractivity contribution in [1.82, 2.24) is 4.90 Å². The molecular formula is C19H16Cl3N3O7S. The number of amides is 1. The number of rotatable bonds is 7. The number of ether oxygens (including phenoxy) is 2. The van der Waals surface area contributed by atoms with Crippen LogP contribution in [-0.2, 0) is 23.9 Å². The number of nitrogens with zero attached hydrogens (tertiary/aromatic N) is 3. The average Bonchev–Trinajstić information content (AvgIpc) is 2.75. The largest absolute Gasteiger partial charge is 0.461 e. The van der Waals surface area contributed by atoms with Gasteiger partial charge in [-0.1, -0.05) is 34.8 Å². The van der Waals surface area contributed by atoms with Crippen molar-refractivity contribution in [3.8, 4) is 0 Å². The molecule has 0 spiro atoms. The van der Waals surface area contributed by atoms with E-state index >= 15 is 0 Å². The number of esters is 2. The lowest BCUT2D eigenvalue weighted by atomic mass is 10.0. The van der Waals surface area contributed by atoms with Crippen LogP contribution >= 0.6 is 46.6 Å². The van der Waals surface area contributed by atoms with Gasteiger partial charge < -0.3 is 9.47 Å². The van der Waals surface area contributed by atoms with Gasteiger partial charge >= 0.3 is 11.9 Å². The minimum absolute atomic E-state index is 0.0654. The van der Waals surface area contributed by atoms with Gasteiger partial charge in [0.25, 0.3) is 11.6 Å². The Kier molecular flexibility index (Phi) is 7.88. The number of hydrogen-bond acceptors (Lipinski definition) is 9. The Morgan fingerprint density at radius 1 is 1.30 bits per heavy atom. The van der Waals surface area contributed by atoms with Crippen LogP contribution in [0.2, 0.25) is 0 Å². The summed E-state index contributed by atoms with van der Waals surface area (Å²) < 4.78 is 8.20. The minimum atomic E-state index is -1.84. The molecule has 10 nitrogen and oxygen atoms in total. The molecule has 3 rings (SSSR count). The van der Waals surface area contributed by atoms with E-state index in [1.165, 1.54) is 54.1 Å². The van der Waals surface area contributed by atoms with Gasteiger partial charge in [0, 0.05) is 36.6 Å². The SMILES string of the molecule is CC(=O)OCC1=C(C(=O)OCC(Cl)(Cl)Cl)N2C(=O)[C@@H](N=Cc3ccc([N+](=O)[O-])cc3)[C@H]2SC1. The topological polar surface area (TPSA) is 128 Å². The molecule has 0 bridgehead atoms. The number of hydrogen-bond donors (Lipinski definition) is 0. The van der Waals surface area contributed by atoms with E-state index < -0.39 is 44.6 Å². The quantitative estimate of drug-likeness (QED) is 0.130. The van der Waals surface area contributed by atoms with E-state index in [1.807, 2.05) is 0 Å². The van der Waals surface area contributed by atoms with E-state index in [-0.39, 0.29) is 23.7 Å². The summed E-state index contributed by atoms with van der Waals surface area (Å²) in [7, 11) is 0. The summed E-state index contributed by atoms with van der Waals surface area (Å²) in [5.41, 5.74) is 0.818. The van der Waals surface area contributed by atoms with Crippen molar-refractivity contribution in [2.45, 2.75) is 22.1 Å². The van der Waals surface area contributed by atoms with Crippen molar-refractivity contribution in [1.29, 1.82) is 0 Å². The minimum Gasteiger partial charge on any atom is -0.461 e. The zero-order valence-corrected chi connectivity index (χ0v) is 20.0. The van der Waals surface area contributed by atoms with Gasteiger partial charge in [-0.15, -0.1) is 11.8 Å². The van der Waals surface area contributed by atoms with E-state index in [9.17, 15) is 24.5 Å².